The summed E-state index contributed by atoms with van der Waals surface area (Å²) in [5, 5.41) is 11.7. The second kappa shape index (κ2) is 10.8. The highest BCUT2D eigenvalue weighted by Gasteiger charge is 2.17. The summed E-state index contributed by atoms with van der Waals surface area (Å²) in [5.74, 6) is 0.259. The predicted molar refractivity (Wildman–Crippen MR) is 155 cm³/mol. The number of halogens is 1. The molecule has 4 heterocycles. The number of benzene rings is 1. The molecule has 0 aliphatic carbocycles. The highest BCUT2D eigenvalue weighted by Crippen LogP contribution is 2.32. The average molecular weight is 521 g/mol. The number of aromatic amines is 2. The van der Waals surface area contributed by atoms with Gasteiger partial charge in [0.05, 0.1) is 34.6 Å². The van der Waals surface area contributed by atoms with Gasteiger partial charge in [-0.25, -0.2) is 9.37 Å². The van der Waals surface area contributed by atoms with Gasteiger partial charge in [-0.1, -0.05) is 31.4 Å². The Morgan fingerprint density at radius 1 is 1.15 bits per heavy atom. The van der Waals surface area contributed by atoms with Crippen LogP contribution in [0.4, 0.5) is 4.39 Å². The Hall–Kier alpha value is -4.89. The second-order valence-electron chi connectivity index (χ2n) is 9.38. The normalized spacial score (nSPS) is 12.4. The maximum Gasteiger partial charge on any atom is 0.159 e. The van der Waals surface area contributed by atoms with E-state index in [1.54, 1.807) is 30.7 Å². The van der Waals surface area contributed by atoms with Gasteiger partial charge >= 0.3 is 0 Å². The average Bonchev–Trinajstić information content (AvgIpc) is 3.54. The van der Waals surface area contributed by atoms with Crippen molar-refractivity contribution in [2.24, 2.45) is 0 Å². The van der Waals surface area contributed by atoms with Crippen LogP contribution in [0.2, 0.25) is 0 Å². The summed E-state index contributed by atoms with van der Waals surface area (Å²) < 4.78 is 13.9. The van der Waals surface area contributed by atoms with Gasteiger partial charge in [-0.2, -0.15) is 5.10 Å². The van der Waals surface area contributed by atoms with Crippen molar-refractivity contribution in [3.05, 3.63) is 103 Å². The number of likely N-dealkylation sites (N-methyl/N-ethyl adjacent to an activating group) is 1. The summed E-state index contributed by atoms with van der Waals surface area (Å²) in [5.41, 5.74) is 7.64. The predicted octanol–water partition coefficient (Wildman–Crippen LogP) is 5.84. The van der Waals surface area contributed by atoms with E-state index in [1.165, 1.54) is 12.1 Å². The number of imidazole rings is 1. The first-order chi connectivity index (χ1) is 18.9. The van der Waals surface area contributed by atoms with Crippen LogP contribution in [0.3, 0.4) is 0 Å². The summed E-state index contributed by atoms with van der Waals surface area (Å²) in [7, 11) is 3.98. The lowest BCUT2D eigenvalue weighted by molar-refractivity contribution is 0.438. The van der Waals surface area contributed by atoms with E-state index in [0.717, 1.165) is 44.6 Å². The smallest absolute Gasteiger partial charge is 0.159 e. The van der Waals surface area contributed by atoms with Crippen molar-refractivity contribution in [1.29, 1.82) is 0 Å². The maximum atomic E-state index is 13.9. The van der Waals surface area contributed by atoms with Gasteiger partial charge in [0.15, 0.2) is 5.82 Å². The third kappa shape index (κ3) is 5.39. The van der Waals surface area contributed by atoms with Gasteiger partial charge in [0.1, 0.15) is 11.5 Å². The van der Waals surface area contributed by atoms with Crippen LogP contribution in [-0.2, 0) is 0 Å². The van der Waals surface area contributed by atoms with Gasteiger partial charge in [-0.05, 0) is 62.5 Å². The van der Waals surface area contributed by atoms with Crippen molar-refractivity contribution in [2.75, 3.05) is 20.6 Å². The topological polar surface area (TPSA) is 98.4 Å². The third-order valence-corrected chi connectivity index (χ3v) is 6.17. The molecule has 39 heavy (non-hydrogen) atoms. The number of allylic oxidation sites excluding steroid dienone is 4. The van der Waals surface area contributed by atoms with E-state index < -0.39 is 0 Å². The Labute approximate surface area is 225 Å². The molecule has 5 rings (SSSR count). The van der Waals surface area contributed by atoms with Crippen LogP contribution in [0, 0.1) is 5.82 Å². The third-order valence-electron chi connectivity index (χ3n) is 6.17. The fourth-order valence-corrected chi connectivity index (χ4v) is 4.41. The molecule has 0 amide bonds. The number of nitrogens with zero attached hydrogens (tertiary/aromatic N) is 5. The molecule has 5 aromatic rings. The second-order valence-corrected chi connectivity index (χ2v) is 9.38. The number of H-pyrrole nitrogens is 2. The minimum atomic E-state index is -0.316. The number of hydrogen-bond donors (Lipinski definition) is 3. The monoisotopic (exact) mass is 520 g/mol. The summed E-state index contributed by atoms with van der Waals surface area (Å²) in [6, 6.07) is 8.38. The molecule has 0 saturated heterocycles. The number of nitrogens with one attached hydrogen (secondary N) is 3. The summed E-state index contributed by atoms with van der Waals surface area (Å²) in [6.07, 6.45) is 10.9. The fraction of sp³-hybridized carbons (Fsp3) is 0.133. The number of hydrogen-bond acceptors (Lipinski definition) is 6. The van der Waals surface area contributed by atoms with Gasteiger partial charge in [0, 0.05) is 35.1 Å². The maximum absolute atomic E-state index is 13.9. The molecule has 0 radical (unpaired) electrons. The molecule has 0 aliphatic heterocycles. The molecule has 8 nitrogen and oxygen atoms in total. The van der Waals surface area contributed by atoms with Crippen LogP contribution in [0.5, 0.6) is 0 Å². The van der Waals surface area contributed by atoms with Crippen molar-refractivity contribution in [1.82, 2.24) is 40.3 Å². The van der Waals surface area contributed by atoms with Gasteiger partial charge in [-0.3, -0.25) is 15.1 Å². The molecule has 3 N–H and O–H groups in total. The number of aromatic nitrogens is 6. The number of pyridine rings is 2. The van der Waals surface area contributed by atoms with Crippen molar-refractivity contribution in [3.8, 4) is 22.6 Å². The zero-order valence-electron chi connectivity index (χ0n) is 22.1. The molecule has 0 unspecified atom stereocenters. The van der Waals surface area contributed by atoms with E-state index in [-0.39, 0.29) is 5.82 Å². The Morgan fingerprint density at radius 3 is 2.74 bits per heavy atom. The standard InChI is InChI=1S/C30H29FN8/c1-6-19(12-22(7-2)34-18(3)17-39(4)5)25-13-23-26(16-33-25)37-38-29(23)30-35-27-15-32-14-24(28(27)36-30)20-9-8-10-21(31)11-20/h6-16,34H,2-3,17H2,1,4-5H3,(H,35,36)(H,37,38)/b19-6+,22-12+. The van der Waals surface area contributed by atoms with E-state index in [2.05, 4.69) is 43.6 Å². The molecule has 196 valence electrons. The summed E-state index contributed by atoms with van der Waals surface area (Å²) in [6.45, 7) is 10.7. The lowest BCUT2D eigenvalue weighted by Crippen LogP contribution is -2.23. The van der Waals surface area contributed by atoms with Crippen LogP contribution in [-0.4, -0.2) is 55.7 Å². The van der Waals surface area contributed by atoms with Crippen molar-refractivity contribution in [2.45, 2.75) is 6.92 Å². The van der Waals surface area contributed by atoms with E-state index in [1.807, 2.05) is 50.2 Å². The molecule has 1 aromatic carbocycles. The molecule has 0 bridgehead atoms. The van der Waals surface area contributed by atoms with Crippen LogP contribution in [0.15, 0.2) is 91.7 Å². The molecular weight excluding hydrogens is 491 g/mol. The molecule has 0 atom stereocenters. The lowest BCUT2D eigenvalue weighted by atomic mass is 10.1. The number of rotatable bonds is 9. The van der Waals surface area contributed by atoms with Gasteiger partial charge in [0.25, 0.3) is 0 Å². The molecule has 0 saturated carbocycles. The minimum absolute atomic E-state index is 0.316. The molecule has 0 spiro atoms. The molecule has 4 aromatic heterocycles. The fourth-order valence-electron chi connectivity index (χ4n) is 4.41. The van der Waals surface area contributed by atoms with Gasteiger partial charge < -0.3 is 15.2 Å². The van der Waals surface area contributed by atoms with Gasteiger partial charge in [0.2, 0.25) is 0 Å². The zero-order chi connectivity index (χ0) is 27.5. The molecular formula is C30H29FN8. The van der Waals surface area contributed by atoms with Gasteiger partial charge in [-0.15, -0.1) is 0 Å². The van der Waals surface area contributed by atoms with E-state index in [0.29, 0.717) is 29.1 Å². The SMILES string of the molecule is C=C/C(=C\C(=C/C)c1cc2c(-c3nc4c(-c5cccc(F)c5)cncc4[nH]3)n[nH]c2cn1)NC(=C)CN(C)C. The lowest BCUT2D eigenvalue weighted by Gasteiger charge is -2.15. The first kappa shape index (κ1) is 25.7. The van der Waals surface area contributed by atoms with E-state index in [9.17, 15) is 4.39 Å². The van der Waals surface area contributed by atoms with Crippen molar-refractivity contribution < 1.29 is 4.39 Å². The summed E-state index contributed by atoms with van der Waals surface area (Å²) >= 11 is 0. The Morgan fingerprint density at radius 2 is 2.00 bits per heavy atom. The first-order valence-electron chi connectivity index (χ1n) is 12.4. The zero-order valence-corrected chi connectivity index (χ0v) is 22.1. The van der Waals surface area contributed by atoms with E-state index >= 15 is 0 Å². The van der Waals surface area contributed by atoms with E-state index in [4.69, 9.17) is 4.98 Å². The summed E-state index contributed by atoms with van der Waals surface area (Å²) in [4.78, 5) is 19.2. The van der Waals surface area contributed by atoms with Crippen LogP contribution in [0.25, 0.3) is 50.2 Å². The molecule has 0 fully saturated rings. The quantitative estimate of drug-likeness (QED) is 0.211. The Balaban J connectivity index is 1.53. The first-order valence-corrected chi connectivity index (χ1v) is 12.4. The highest BCUT2D eigenvalue weighted by molar-refractivity contribution is 5.97. The van der Waals surface area contributed by atoms with Crippen molar-refractivity contribution >= 4 is 27.5 Å². The largest absolute Gasteiger partial charge is 0.358 e. The highest BCUT2D eigenvalue weighted by atomic mass is 19.1. The Kier molecular flexibility index (Phi) is 7.16. The van der Waals surface area contributed by atoms with Crippen LogP contribution < -0.4 is 5.32 Å². The minimum Gasteiger partial charge on any atom is -0.358 e. The van der Waals surface area contributed by atoms with Crippen LogP contribution >= 0.6 is 0 Å². The Bertz CT molecular complexity index is 1760. The van der Waals surface area contributed by atoms with Crippen molar-refractivity contribution in [3.63, 3.8) is 0 Å². The number of fused-ring (bicyclic) bond motifs is 2. The molecule has 9 heteroatoms. The van der Waals surface area contributed by atoms with Crippen LogP contribution in [0.1, 0.15) is 12.6 Å². The molecule has 0 aliphatic rings.